The molecule has 0 amide bonds. The summed E-state index contributed by atoms with van der Waals surface area (Å²) >= 11 is 1.29. The molecule has 1 aromatic heterocycles. The monoisotopic (exact) mass is 311 g/mol. The van der Waals surface area contributed by atoms with Crippen LogP contribution in [0.25, 0.3) is 5.69 Å². The molecule has 0 aliphatic heterocycles. The molecule has 7 heteroatoms. The van der Waals surface area contributed by atoms with E-state index in [1.165, 1.54) is 11.8 Å². The van der Waals surface area contributed by atoms with E-state index in [4.69, 9.17) is 5.73 Å². The minimum absolute atomic E-state index is 0.0140. The molecule has 3 aromatic rings. The molecule has 1 heterocycles. The smallest absolute Gasteiger partial charge is 0.214 e. The van der Waals surface area contributed by atoms with Crippen molar-refractivity contribution < 1.29 is 4.79 Å². The van der Waals surface area contributed by atoms with Crippen molar-refractivity contribution in [3.8, 4) is 5.69 Å². The van der Waals surface area contributed by atoms with Gasteiger partial charge in [0.15, 0.2) is 5.78 Å². The van der Waals surface area contributed by atoms with Crippen LogP contribution in [0.1, 0.15) is 10.4 Å². The number of tetrazole rings is 1. The number of thioether (sulfide) groups is 1. The predicted molar refractivity (Wildman–Crippen MR) is 85.1 cm³/mol. The van der Waals surface area contributed by atoms with Crippen LogP contribution in [0.4, 0.5) is 5.69 Å². The number of nitrogens with zero attached hydrogens (tertiary/aromatic N) is 4. The lowest BCUT2D eigenvalue weighted by molar-refractivity contribution is 0.102. The molecule has 0 unspecified atom stereocenters. The second kappa shape index (κ2) is 6.40. The largest absolute Gasteiger partial charge is 0.399 e. The maximum absolute atomic E-state index is 12.2. The molecule has 110 valence electrons. The van der Waals surface area contributed by atoms with Gasteiger partial charge < -0.3 is 5.73 Å². The van der Waals surface area contributed by atoms with Crippen LogP contribution < -0.4 is 5.73 Å². The third kappa shape index (κ3) is 3.15. The maximum atomic E-state index is 12.2. The SMILES string of the molecule is Nc1cccc(C(=O)CSc2nnnn2-c2ccccc2)c1. The van der Waals surface area contributed by atoms with E-state index in [0.717, 1.165) is 5.69 Å². The number of anilines is 1. The first-order valence-corrected chi connectivity index (χ1v) is 7.58. The van der Waals surface area contributed by atoms with Gasteiger partial charge in [0, 0.05) is 11.3 Å². The second-order valence-corrected chi connectivity index (χ2v) is 5.49. The van der Waals surface area contributed by atoms with Crippen molar-refractivity contribution in [1.29, 1.82) is 0 Å². The van der Waals surface area contributed by atoms with Gasteiger partial charge in [0.25, 0.3) is 0 Å². The number of Topliss-reactive ketones (excluding diaryl/α,β-unsaturated/α-hetero) is 1. The summed E-state index contributed by atoms with van der Waals surface area (Å²) in [5, 5.41) is 12.2. The molecule has 0 bridgehead atoms. The van der Waals surface area contributed by atoms with Gasteiger partial charge in [0.05, 0.1) is 11.4 Å². The average molecular weight is 311 g/mol. The lowest BCUT2D eigenvalue weighted by Gasteiger charge is -2.04. The number of nitrogen functional groups attached to an aromatic ring is 1. The number of hydrogen-bond acceptors (Lipinski definition) is 6. The molecule has 0 aliphatic rings. The third-order valence-electron chi connectivity index (χ3n) is 2.98. The van der Waals surface area contributed by atoms with Crippen LogP contribution in [-0.2, 0) is 0 Å². The van der Waals surface area contributed by atoms with E-state index < -0.39 is 0 Å². The molecule has 2 aromatic carbocycles. The first-order valence-electron chi connectivity index (χ1n) is 6.59. The molecule has 0 fully saturated rings. The Kier molecular flexibility index (Phi) is 4.15. The first kappa shape index (κ1) is 14.3. The number of ketones is 1. The van der Waals surface area contributed by atoms with Gasteiger partial charge in [0.1, 0.15) is 0 Å². The number of rotatable bonds is 5. The van der Waals surface area contributed by atoms with Crippen LogP contribution in [0, 0.1) is 0 Å². The third-order valence-corrected chi connectivity index (χ3v) is 3.90. The molecule has 0 aliphatic carbocycles. The minimum atomic E-state index is -0.0140. The van der Waals surface area contributed by atoms with E-state index in [1.54, 1.807) is 28.9 Å². The first-order chi connectivity index (χ1) is 10.7. The molecule has 6 nitrogen and oxygen atoms in total. The summed E-state index contributed by atoms with van der Waals surface area (Å²) in [5.74, 6) is 0.233. The summed E-state index contributed by atoms with van der Waals surface area (Å²) < 4.78 is 1.61. The van der Waals surface area contributed by atoms with Crippen LogP contribution in [0.5, 0.6) is 0 Å². The summed E-state index contributed by atoms with van der Waals surface area (Å²) in [6.07, 6.45) is 0. The van der Waals surface area contributed by atoms with Crippen molar-refractivity contribution in [1.82, 2.24) is 20.2 Å². The number of carbonyl (C=O) groups excluding carboxylic acids is 1. The van der Waals surface area contributed by atoms with Crippen LogP contribution in [0.2, 0.25) is 0 Å². The van der Waals surface area contributed by atoms with E-state index in [1.807, 2.05) is 30.3 Å². The molecule has 22 heavy (non-hydrogen) atoms. The van der Waals surface area contributed by atoms with Gasteiger partial charge in [-0.05, 0) is 34.7 Å². The summed E-state index contributed by atoms with van der Waals surface area (Å²) in [6, 6.07) is 16.5. The van der Waals surface area contributed by atoms with Gasteiger partial charge in [0.2, 0.25) is 5.16 Å². The Balaban J connectivity index is 1.73. The highest BCUT2D eigenvalue weighted by molar-refractivity contribution is 7.99. The molecule has 0 saturated heterocycles. The lowest BCUT2D eigenvalue weighted by atomic mass is 10.1. The van der Waals surface area contributed by atoms with E-state index in [-0.39, 0.29) is 11.5 Å². The zero-order valence-electron chi connectivity index (χ0n) is 11.6. The summed E-state index contributed by atoms with van der Waals surface area (Å²) in [6.45, 7) is 0. The number of para-hydroxylation sites is 1. The van der Waals surface area contributed by atoms with Crippen molar-refractivity contribution in [3.63, 3.8) is 0 Å². The van der Waals surface area contributed by atoms with E-state index in [2.05, 4.69) is 15.5 Å². The van der Waals surface area contributed by atoms with Crippen LogP contribution in [0.15, 0.2) is 59.8 Å². The van der Waals surface area contributed by atoms with Crippen molar-refractivity contribution >= 4 is 23.2 Å². The number of nitrogens with two attached hydrogens (primary N) is 1. The highest BCUT2D eigenvalue weighted by Gasteiger charge is 2.12. The van der Waals surface area contributed by atoms with E-state index >= 15 is 0 Å². The van der Waals surface area contributed by atoms with Crippen LogP contribution in [-0.4, -0.2) is 31.7 Å². The number of carbonyl (C=O) groups is 1. The fraction of sp³-hybridized carbons (Fsp3) is 0.0667. The van der Waals surface area contributed by atoms with Gasteiger partial charge in [-0.3, -0.25) is 4.79 Å². The van der Waals surface area contributed by atoms with Gasteiger partial charge in [-0.2, -0.15) is 4.68 Å². The molecule has 2 N–H and O–H groups in total. The molecular formula is C15H13N5OS. The van der Waals surface area contributed by atoms with Crippen LogP contribution >= 0.6 is 11.8 Å². The second-order valence-electron chi connectivity index (χ2n) is 4.55. The molecule has 0 atom stereocenters. The van der Waals surface area contributed by atoms with Gasteiger partial charge in [-0.1, -0.05) is 42.1 Å². The fourth-order valence-corrected chi connectivity index (χ4v) is 2.71. The lowest BCUT2D eigenvalue weighted by Crippen LogP contribution is -2.05. The number of benzene rings is 2. The van der Waals surface area contributed by atoms with E-state index in [0.29, 0.717) is 16.4 Å². The fourth-order valence-electron chi connectivity index (χ4n) is 1.93. The highest BCUT2D eigenvalue weighted by atomic mass is 32.2. The summed E-state index contributed by atoms with van der Waals surface area (Å²) in [7, 11) is 0. The van der Waals surface area contributed by atoms with Crippen molar-refractivity contribution in [2.24, 2.45) is 0 Å². The standard InChI is InChI=1S/C15H13N5OS/c16-12-6-4-5-11(9-12)14(21)10-22-15-17-18-19-20(15)13-7-2-1-3-8-13/h1-9H,10,16H2. The highest BCUT2D eigenvalue weighted by Crippen LogP contribution is 2.19. The Labute approximate surface area is 131 Å². The Morgan fingerprint density at radius 3 is 2.73 bits per heavy atom. The quantitative estimate of drug-likeness (QED) is 0.442. The molecular weight excluding hydrogens is 298 g/mol. The molecule has 3 rings (SSSR count). The zero-order chi connectivity index (χ0) is 15.4. The van der Waals surface area contributed by atoms with Gasteiger partial charge in [-0.25, -0.2) is 0 Å². The Morgan fingerprint density at radius 1 is 1.14 bits per heavy atom. The number of aromatic nitrogens is 4. The predicted octanol–water partition coefficient (Wildman–Crippen LogP) is 2.22. The van der Waals surface area contributed by atoms with Crippen LogP contribution in [0.3, 0.4) is 0 Å². The maximum Gasteiger partial charge on any atom is 0.214 e. The molecule has 0 saturated carbocycles. The van der Waals surface area contributed by atoms with Crippen molar-refractivity contribution in [2.75, 3.05) is 11.5 Å². The van der Waals surface area contributed by atoms with Gasteiger partial charge >= 0.3 is 0 Å². The van der Waals surface area contributed by atoms with Gasteiger partial charge in [-0.15, -0.1) is 5.10 Å². The molecule has 0 radical (unpaired) electrons. The zero-order valence-corrected chi connectivity index (χ0v) is 12.4. The Morgan fingerprint density at radius 2 is 1.95 bits per heavy atom. The Hall–Kier alpha value is -2.67. The van der Waals surface area contributed by atoms with Crippen molar-refractivity contribution in [2.45, 2.75) is 5.16 Å². The van der Waals surface area contributed by atoms with E-state index in [9.17, 15) is 4.79 Å². The summed E-state index contributed by atoms with van der Waals surface area (Å²) in [5.41, 5.74) is 7.71. The molecule has 0 spiro atoms. The van der Waals surface area contributed by atoms with Crippen molar-refractivity contribution in [3.05, 3.63) is 60.2 Å². The minimum Gasteiger partial charge on any atom is -0.399 e. The normalized spacial score (nSPS) is 10.5. The summed E-state index contributed by atoms with van der Waals surface area (Å²) in [4.78, 5) is 12.2. The number of hydrogen-bond donors (Lipinski definition) is 1. The topological polar surface area (TPSA) is 86.7 Å². The average Bonchev–Trinajstić information content (AvgIpc) is 3.02. The Bertz CT molecular complexity index is 787.